The van der Waals surface area contributed by atoms with Gasteiger partial charge in [0.15, 0.2) is 0 Å². The number of carbonyl (C=O) groups is 2. The van der Waals surface area contributed by atoms with Crippen molar-refractivity contribution in [2.24, 2.45) is 5.92 Å². The summed E-state index contributed by atoms with van der Waals surface area (Å²) in [4.78, 5) is 32.7. The minimum atomic E-state index is -0.000766. The first-order chi connectivity index (χ1) is 12.6. The summed E-state index contributed by atoms with van der Waals surface area (Å²) in [5.41, 5.74) is 1.57. The molecule has 2 atom stereocenters. The Kier molecular flexibility index (Phi) is 4.59. The normalized spacial score (nSPS) is 23.4. The number of likely N-dealkylation sites (tertiary alicyclic amines) is 1. The molecule has 0 spiro atoms. The predicted molar refractivity (Wildman–Crippen MR) is 97.7 cm³/mol. The van der Waals surface area contributed by atoms with E-state index in [1.165, 1.54) is 0 Å². The summed E-state index contributed by atoms with van der Waals surface area (Å²) in [6.07, 6.45) is 2.61. The van der Waals surface area contributed by atoms with E-state index in [-0.39, 0.29) is 17.9 Å². The maximum absolute atomic E-state index is 13.0. The van der Waals surface area contributed by atoms with E-state index in [2.05, 4.69) is 4.98 Å². The minimum Gasteiger partial charge on any atom is -0.374 e. The number of ether oxygens (including phenoxy) is 1. The number of hydrogen-bond acceptors (Lipinski definition) is 4. The molecule has 3 heterocycles. The molecule has 0 radical (unpaired) electrons. The van der Waals surface area contributed by atoms with E-state index < -0.39 is 0 Å². The Balaban J connectivity index is 1.49. The van der Waals surface area contributed by atoms with Crippen molar-refractivity contribution in [2.45, 2.75) is 19.4 Å². The van der Waals surface area contributed by atoms with Gasteiger partial charge in [0.05, 0.1) is 18.2 Å². The highest BCUT2D eigenvalue weighted by molar-refractivity contribution is 5.98. The molecule has 1 aromatic carbocycles. The maximum atomic E-state index is 13.0. The average Bonchev–Trinajstić information content (AvgIpc) is 2.89. The van der Waals surface area contributed by atoms with Gasteiger partial charge in [0.2, 0.25) is 5.91 Å². The lowest BCUT2D eigenvalue weighted by Crippen LogP contribution is -2.49. The summed E-state index contributed by atoms with van der Waals surface area (Å²) < 4.78 is 5.98. The number of piperidine rings is 1. The Morgan fingerprint density at radius 3 is 2.88 bits per heavy atom. The zero-order chi connectivity index (χ0) is 18.1. The number of nitrogens with zero attached hydrogens (tertiary/aromatic N) is 3. The van der Waals surface area contributed by atoms with E-state index >= 15 is 0 Å². The monoisotopic (exact) mass is 353 g/mol. The molecular formula is C20H23N3O3. The highest BCUT2D eigenvalue weighted by atomic mass is 16.5. The van der Waals surface area contributed by atoms with Gasteiger partial charge in [-0.3, -0.25) is 14.6 Å². The van der Waals surface area contributed by atoms with Crippen LogP contribution in [0.3, 0.4) is 0 Å². The van der Waals surface area contributed by atoms with Gasteiger partial charge in [-0.05, 0) is 30.7 Å². The Hall–Kier alpha value is -2.47. The second-order valence-electron chi connectivity index (χ2n) is 7.09. The summed E-state index contributed by atoms with van der Waals surface area (Å²) >= 11 is 0. The van der Waals surface area contributed by atoms with Gasteiger partial charge in [0.25, 0.3) is 5.91 Å². The molecule has 2 aliphatic heterocycles. The fourth-order valence-electron chi connectivity index (χ4n) is 3.91. The minimum absolute atomic E-state index is 0.000766. The Morgan fingerprint density at radius 1 is 1.15 bits per heavy atom. The lowest BCUT2D eigenvalue weighted by molar-refractivity contribution is -0.129. The van der Waals surface area contributed by atoms with Crippen molar-refractivity contribution in [1.29, 1.82) is 0 Å². The fraction of sp³-hybridized carbons (Fsp3) is 0.450. The number of aromatic nitrogens is 1. The van der Waals surface area contributed by atoms with E-state index in [9.17, 15) is 9.59 Å². The van der Waals surface area contributed by atoms with Gasteiger partial charge < -0.3 is 14.5 Å². The molecule has 26 heavy (non-hydrogen) atoms. The second-order valence-corrected chi connectivity index (χ2v) is 7.09. The zero-order valence-corrected chi connectivity index (χ0v) is 14.9. The van der Waals surface area contributed by atoms with Crippen LogP contribution in [-0.4, -0.2) is 65.5 Å². The number of benzene rings is 1. The van der Waals surface area contributed by atoms with Crippen LogP contribution in [0, 0.1) is 5.92 Å². The van der Waals surface area contributed by atoms with E-state index in [0.29, 0.717) is 37.7 Å². The topological polar surface area (TPSA) is 62.7 Å². The van der Waals surface area contributed by atoms with Crippen LogP contribution in [0.25, 0.3) is 10.9 Å². The predicted octanol–water partition coefficient (Wildman–Crippen LogP) is 1.94. The first-order valence-corrected chi connectivity index (χ1v) is 9.13. The van der Waals surface area contributed by atoms with Crippen molar-refractivity contribution < 1.29 is 14.3 Å². The van der Waals surface area contributed by atoms with E-state index in [4.69, 9.17) is 4.74 Å². The molecule has 136 valence electrons. The first-order valence-electron chi connectivity index (χ1n) is 9.13. The number of hydrogen-bond donors (Lipinski definition) is 0. The molecule has 0 saturated carbocycles. The van der Waals surface area contributed by atoms with E-state index in [0.717, 1.165) is 23.9 Å². The van der Waals surface area contributed by atoms with Gasteiger partial charge in [0.1, 0.15) is 0 Å². The van der Waals surface area contributed by atoms with E-state index in [1.807, 2.05) is 40.1 Å². The highest BCUT2D eigenvalue weighted by Gasteiger charge is 2.35. The summed E-state index contributed by atoms with van der Waals surface area (Å²) in [7, 11) is 0. The van der Waals surface area contributed by atoms with Gasteiger partial charge >= 0.3 is 0 Å². The van der Waals surface area contributed by atoms with Crippen molar-refractivity contribution in [3.05, 3.63) is 42.1 Å². The largest absolute Gasteiger partial charge is 0.374 e. The van der Waals surface area contributed by atoms with Crippen LogP contribution in [0.15, 0.2) is 36.5 Å². The number of rotatable bonds is 1. The van der Waals surface area contributed by atoms with Crippen LogP contribution < -0.4 is 0 Å². The molecule has 6 heteroatoms. The SMILES string of the molecule is CC(=O)N1CCO[C@H]2CN(C(=O)c3ccc4ncccc4c3)CC[C@H]2C1. The summed E-state index contributed by atoms with van der Waals surface area (Å²) in [5, 5.41) is 0.969. The molecule has 0 bridgehead atoms. The average molecular weight is 353 g/mol. The number of carbonyl (C=O) groups excluding carboxylic acids is 2. The van der Waals surface area contributed by atoms with Crippen molar-refractivity contribution in [2.75, 3.05) is 32.8 Å². The molecule has 2 amide bonds. The van der Waals surface area contributed by atoms with Crippen molar-refractivity contribution in [3.8, 4) is 0 Å². The van der Waals surface area contributed by atoms with Gasteiger partial charge in [0, 0.05) is 56.2 Å². The summed E-state index contributed by atoms with van der Waals surface area (Å²) in [6.45, 7) is 4.77. The molecule has 2 fully saturated rings. The number of amides is 2. The number of pyridine rings is 1. The first kappa shape index (κ1) is 17.0. The third kappa shape index (κ3) is 3.29. The molecule has 6 nitrogen and oxygen atoms in total. The van der Waals surface area contributed by atoms with Gasteiger partial charge in [-0.15, -0.1) is 0 Å². The van der Waals surface area contributed by atoms with Gasteiger partial charge in [-0.25, -0.2) is 0 Å². The van der Waals surface area contributed by atoms with Crippen molar-refractivity contribution in [1.82, 2.24) is 14.8 Å². The third-order valence-electron chi connectivity index (χ3n) is 5.43. The lowest BCUT2D eigenvalue weighted by atomic mass is 9.92. The summed E-state index contributed by atoms with van der Waals surface area (Å²) in [5.74, 6) is 0.425. The van der Waals surface area contributed by atoms with Crippen molar-refractivity contribution in [3.63, 3.8) is 0 Å². The molecule has 2 aromatic rings. The van der Waals surface area contributed by atoms with Crippen LogP contribution in [0.5, 0.6) is 0 Å². The van der Waals surface area contributed by atoms with Crippen LogP contribution in [0.1, 0.15) is 23.7 Å². The Labute approximate surface area is 152 Å². The highest BCUT2D eigenvalue weighted by Crippen LogP contribution is 2.26. The van der Waals surface area contributed by atoms with Crippen LogP contribution >= 0.6 is 0 Å². The summed E-state index contributed by atoms with van der Waals surface area (Å²) in [6, 6.07) is 9.48. The van der Waals surface area contributed by atoms with E-state index in [1.54, 1.807) is 13.1 Å². The molecular weight excluding hydrogens is 330 g/mol. The third-order valence-corrected chi connectivity index (χ3v) is 5.43. The Bertz CT molecular complexity index is 838. The van der Waals surface area contributed by atoms with Crippen LogP contribution in [0.2, 0.25) is 0 Å². The molecule has 2 aliphatic rings. The molecule has 1 aromatic heterocycles. The maximum Gasteiger partial charge on any atom is 0.253 e. The number of fused-ring (bicyclic) bond motifs is 2. The van der Waals surface area contributed by atoms with Gasteiger partial charge in [-0.2, -0.15) is 0 Å². The zero-order valence-electron chi connectivity index (χ0n) is 14.9. The van der Waals surface area contributed by atoms with Crippen LogP contribution in [-0.2, 0) is 9.53 Å². The van der Waals surface area contributed by atoms with Crippen LogP contribution in [0.4, 0.5) is 0 Å². The molecule has 0 aliphatic carbocycles. The quantitative estimate of drug-likeness (QED) is 0.786. The second kappa shape index (κ2) is 7.03. The molecule has 0 unspecified atom stereocenters. The fourth-order valence-corrected chi connectivity index (χ4v) is 3.91. The molecule has 2 saturated heterocycles. The smallest absolute Gasteiger partial charge is 0.253 e. The van der Waals surface area contributed by atoms with Crippen molar-refractivity contribution >= 4 is 22.7 Å². The molecule has 0 N–H and O–H groups in total. The molecule has 4 rings (SSSR count). The standard InChI is InChI=1S/C20H23N3O3/c1-14(24)22-9-10-26-19-13-23(8-6-17(19)12-22)20(25)16-4-5-18-15(11-16)3-2-7-21-18/h2-5,7,11,17,19H,6,8-10,12-13H2,1H3/t17-,19-/m0/s1. The lowest BCUT2D eigenvalue weighted by Gasteiger charge is -2.38. The van der Waals surface area contributed by atoms with Gasteiger partial charge in [-0.1, -0.05) is 6.07 Å². The Morgan fingerprint density at radius 2 is 2.04 bits per heavy atom.